The van der Waals surface area contributed by atoms with Gasteiger partial charge in [0.25, 0.3) is 0 Å². The smallest absolute Gasteiger partial charge is 0.229 e. The van der Waals surface area contributed by atoms with Crippen LogP contribution >= 0.6 is 22.9 Å². The van der Waals surface area contributed by atoms with E-state index >= 15 is 0 Å². The van der Waals surface area contributed by atoms with E-state index in [0.29, 0.717) is 5.88 Å². The summed E-state index contributed by atoms with van der Waals surface area (Å²) in [5.41, 5.74) is 0.670. The molecule has 2 rings (SSSR count). The number of aryl methyl sites for hydroxylation is 1. The topological polar surface area (TPSA) is 36.4 Å². The summed E-state index contributed by atoms with van der Waals surface area (Å²) in [6, 6.07) is 0. The van der Waals surface area contributed by atoms with Gasteiger partial charge in [-0.25, -0.2) is 4.98 Å². The first-order chi connectivity index (χ1) is 9.42. The Balaban J connectivity index is 1.85. The van der Waals surface area contributed by atoms with Gasteiger partial charge in [0.15, 0.2) is 0 Å². The number of alkyl halides is 1. The van der Waals surface area contributed by atoms with E-state index in [1.54, 1.807) is 11.3 Å². The molecule has 0 unspecified atom stereocenters. The Hall–Kier alpha value is -0.650. The van der Waals surface area contributed by atoms with Crippen LogP contribution in [0.3, 0.4) is 0 Å². The van der Waals surface area contributed by atoms with E-state index < -0.39 is 5.41 Å². The summed E-state index contributed by atoms with van der Waals surface area (Å²) in [5.74, 6) is 0.529. The summed E-state index contributed by atoms with van der Waals surface area (Å²) in [6.07, 6.45) is 0. The van der Waals surface area contributed by atoms with E-state index in [1.165, 1.54) is 0 Å². The Morgan fingerprint density at radius 1 is 1.40 bits per heavy atom. The SMILES string of the molecule is Cc1nc(CN2CCN(C(=O)C(C)(C)CCl)CC2)cs1. The zero-order valence-electron chi connectivity index (χ0n) is 12.4. The molecule has 20 heavy (non-hydrogen) atoms. The lowest BCUT2D eigenvalue weighted by Crippen LogP contribution is -2.52. The molecule has 0 atom stereocenters. The number of aromatic nitrogens is 1. The highest BCUT2D eigenvalue weighted by Crippen LogP contribution is 2.22. The van der Waals surface area contributed by atoms with Gasteiger partial charge in [-0.15, -0.1) is 22.9 Å². The van der Waals surface area contributed by atoms with Gasteiger partial charge in [-0.05, 0) is 20.8 Å². The van der Waals surface area contributed by atoms with Crippen LogP contribution in [0.5, 0.6) is 0 Å². The van der Waals surface area contributed by atoms with E-state index in [0.717, 1.165) is 43.4 Å². The Kier molecular flexibility index (Phi) is 5.04. The van der Waals surface area contributed by atoms with Crippen molar-refractivity contribution in [2.24, 2.45) is 5.41 Å². The summed E-state index contributed by atoms with van der Waals surface area (Å²) in [5, 5.41) is 3.22. The largest absolute Gasteiger partial charge is 0.340 e. The molecule has 1 amide bonds. The first-order valence-corrected chi connectivity index (χ1v) is 8.32. The minimum atomic E-state index is -0.463. The van der Waals surface area contributed by atoms with E-state index in [2.05, 4.69) is 15.3 Å². The minimum Gasteiger partial charge on any atom is -0.340 e. The molecular formula is C14H22ClN3OS. The molecule has 0 aliphatic carbocycles. The first-order valence-electron chi connectivity index (χ1n) is 6.91. The molecule has 2 heterocycles. The molecule has 1 aromatic rings. The van der Waals surface area contributed by atoms with E-state index in [9.17, 15) is 4.79 Å². The standard InChI is InChI=1S/C14H22ClN3OS/c1-11-16-12(9-20-11)8-17-4-6-18(7-5-17)13(19)14(2,3)10-15/h9H,4-8,10H2,1-3H3. The van der Waals surface area contributed by atoms with E-state index in [-0.39, 0.29) is 5.91 Å². The predicted molar refractivity (Wildman–Crippen MR) is 83.2 cm³/mol. The number of rotatable bonds is 4. The van der Waals surface area contributed by atoms with E-state index in [4.69, 9.17) is 11.6 Å². The van der Waals surface area contributed by atoms with Crippen LogP contribution in [-0.4, -0.2) is 52.8 Å². The number of amides is 1. The van der Waals surface area contributed by atoms with Gasteiger partial charge in [0.1, 0.15) is 0 Å². The molecule has 1 aromatic heterocycles. The van der Waals surface area contributed by atoms with Crippen LogP contribution in [0.15, 0.2) is 5.38 Å². The van der Waals surface area contributed by atoms with Crippen molar-refractivity contribution in [3.63, 3.8) is 0 Å². The van der Waals surface area contributed by atoms with Gasteiger partial charge < -0.3 is 4.90 Å². The molecule has 0 aromatic carbocycles. The zero-order valence-corrected chi connectivity index (χ0v) is 13.9. The van der Waals surface area contributed by atoms with Crippen LogP contribution in [0.25, 0.3) is 0 Å². The van der Waals surface area contributed by atoms with Gasteiger partial charge in [-0.2, -0.15) is 0 Å². The lowest BCUT2D eigenvalue weighted by atomic mass is 9.94. The van der Waals surface area contributed by atoms with Crippen molar-refractivity contribution in [1.82, 2.24) is 14.8 Å². The molecular weight excluding hydrogens is 294 g/mol. The molecule has 4 nitrogen and oxygen atoms in total. The van der Waals surface area contributed by atoms with Crippen LogP contribution < -0.4 is 0 Å². The normalized spacial score (nSPS) is 17.5. The second-order valence-electron chi connectivity index (χ2n) is 5.94. The van der Waals surface area contributed by atoms with Gasteiger partial charge in [0, 0.05) is 44.0 Å². The lowest BCUT2D eigenvalue weighted by molar-refractivity contribution is -0.141. The Bertz CT molecular complexity index is 467. The van der Waals surface area contributed by atoms with Gasteiger partial charge in [-0.1, -0.05) is 0 Å². The third kappa shape index (κ3) is 3.71. The van der Waals surface area contributed by atoms with Crippen LogP contribution in [0, 0.1) is 12.3 Å². The summed E-state index contributed by atoms with van der Waals surface area (Å²) in [7, 11) is 0. The molecule has 1 aliphatic heterocycles. The number of piperazine rings is 1. The lowest BCUT2D eigenvalue weighted by Gasteiger charge is -2.37. The number of carbonyl (C=O) groups is 1. The third-order valence-corrected chi connectivity index (χ3v) is 5.12. The summed E-state index contributed by atoms with van der Waals surface area (Å²) in [6.45, 7) is 10.1. The average Bonchev–Trinajstić information content (AvgIpc) is 2.84. The maximum atomic E-state index is 12.3. The summed E-state index contributed by atoms with van der Waals surface area (Å²) in [4.78, 5) is 21.1. The fourth-order valence-electron chi connectivity index (χ4n) is 2.30. The van der Waals surface area contributed by atoms with Crippen LogP contribution in [0.4, 0.5) is 0 Å². The highest BCUT2D eigenvalue weighted by atomic mass is 35.5. The minimum absolute atomic E-state index is 0.164. The van der Waals surface area contributed by atoms with Crippen molar-refractivity contribution >= 4 is 28.8 Å². The molecule has 0 spiro atoms. The predicted octanol–water partition coefficient (Wildman–Crippen LogP) is 2.36. The number of hydrogen-bond acceptors (Lipinski definition) is 4. The first kappa shape index (κ1) is 15.7. The summed E-state index contributed by atoms with van der Waals surface area (Å²) >= 11 is 7.57. The Morgan fingerprint density at radius 3 is 2.55 bits per heavy atom. The van der Waals surface area contributed by atoms with Crippen molar-refractivity contribution in [1.29, 1.82) is 0 Å². The highest BCUT2D eigenvalue weighted by molar-refractivity contribution is 7.09. The summed E-state index contributed by atoms with van der Waals surface area (Å²) < 4.78 is 0. The molecule has 1 fully saturated rings. The highest BCUT2D eigenvalue weighted by Gasteiger charge is 2.32. The molecule has 112 valence electrons. The second kappa shape index (κ2) is 6.41. The number of carbonyl (C=O) groups excluding carboxylic acids is 1. The Labute approximate surface area is 129 Å². The number of halogens is 1. The molecule has 0 bridgehead atoms. The Morgan fingerprint density at radius 2 is 2.05 bits per heavy atom. The monoisotopic (exact) mass is 315 g/mol. The zero-order chi connectivity index (χ0) is 14.8. The van der Waals surface area contributed by atoms with Crippen molar-refractivity contribution in [2.75, 3.05) is 32.1 Å². The quantitative estimate of drug-likeness (QED) is 0.800. The van der Waals surface area contributed by atoms with Gasteiger partial charge in [-0.3, -0.25) is 9.69 Å². The third-order valence-electron chi connectivity index (χ3n) is 3.62. The number of nitrogens with zero attached hydrogens (tertiary/aromatic N) is 3. The molecule has 1 aliphatic rings. The molecule has 1 saturated heterocycles. The van der Waals surface area contributed by atoms with E-state index in [1.807, 2.05) is 25.7 Å². The van der Waals surface area contributed by atoms with Crippen LogP contribution in [-0.2, 0) is 11.3 Å². The van der Waals surface area contributed by atoms with Crippen LogP contribution in [0.1, 0.15) is 24.5 Å². The number of hydrogen-bond donors (Lipinski definition) is 0. The maximum Gasteiger partial charge on any atom is 0.229 e. The van der Waals surface area contributed by atoms with Crippen molar-refractivity contribution in [3.8, 4) is 0 Å². The van der Waals surface area contributed by atoms with Crippen LogP contribution in [0.2, 0.25) is 0 Å². The fraction of sp³-hybridized carbons (Fsp3) is 0.714. The van der Waals surface area contributed by atoms with Crippen molar-refractivity contribution in [2.45, 2.75) is 27.3 Å². The average molecular weight is 316 g/mol. The second-order valence-corrected chi connectivity index (χ2v) is 7.27. The molecule has 0 saturated carbocycles. The number of thiazole rings is 1. The maximum absolute atomic E-state index is 12.3. The van der Waals surface area contributed by atoms with Gasteiger partial charge in [0.2, 0.25) is 5.91 Å². The van der Waals surface area contributed by atoms with Crippen molar-refractivity contribution < 1.29 is 4.79 Å². The van der Waals surface area contributed by atoms with Gasteiger partial charge >= 0.3 is 0 Å². The molecule has 6 heteroatoms. The van der Waals surface area contributed by atoms with Gasteiger partial charge in [0.05, 0.1) is 16.1 Å². The fourth-order valence-corrected chi connectivity index (χ4v) is 3.02. The van der Waals surface area contributed by atoms with Crippen molar-refractivity contribution in [3.05, 3.63) is 16.1 Å². The molecule has 0 N–H and O–H groups in total. The molecule has 0 radical (unpaired) electrons.